The van der Waals surface area contributed by atoms with Crippen molar-refractivity contribution in [3.05, 3.63) is 45.4 Å². The zero-order valence-electron chi connectivity index (χ0n) is 18.0. The van der Waals surface area contributed by atoms with Gasteiger partial charge in [0, 0.05) is 38.3 Å². The molecule has 4 rings (SSSR count). The van der Waals surface area contributed by atoms with E-state index in [1.807, 2.05) is 11.0 Å². The van der Waals surface area contributed by atoms with Crippen LogP contribution in [-0.4, -0.2) is 46.2 Å². The van der Waals surface area contributed by atoms with Gasteiger partial charge in [-0.25, -0.2) is 0 Å². The van der Waals surface area contributed by atoms with E-state index < -0.39 is 0 Å². The Kier molecular flexibility index (Phi) is 6.40. The Balaban J connectivity index is 1.47. The highest BCUT2D eigenvalue weighted by atomic mass is 16.2. The Hall–Kier alpha value is -2.37. The lowest BCUT2D eigenvalue weighted by Crippen LogP contribution is -2.43. The standard InChI is InChI=1S/C24H33N3O3/c1-2-6-17-7-9-18(10-8-17)23(29)27-14-11-20-19(16-27)15-25-22(28)21(20)24(30)26-12-4-3-5-13-26/h3-4,15,17-18H,2,5-14,16H2,1H3,(H,25,28). The Bertz CT molecular complexity index is 880. The molecule has 0 saturated heterocycles. The van der Waals surface area contributed by atoms with E-state index in [1.54, 1.807) is 11.1 Å². The molecule has 6 nitrogen and oxygen atoms in total. The van der Waals surface area contributed by atoms with Gasteiger partial charge in [0.1, 0.15) is 5.56 Å². The van der Waals surface area contributed by atoms with E-state index in [2.05, 4.69) is 18.0 Å². The van der Waals surface area contributed by atoms with Crippen LogP contribution in [0.5, 0.6) is 0 Å². The van der Waals surface area contributed by atoms with Gasteiger partial charge in [-0.2, -0.15) is 0 Å². The lowest BCUT2D eigenvalue weighted by molar-refractivity contribution is -0.137. The molecule has 162 valence electrons. The van der Waals surface area contributed by atoms with E-state index in [0.29, 0.717) is 32.6 Å². The molecule has 1 saturated carbocycles. The van der Waals surface area contributed by atoms with Gasteiger partial charge in [-0.1, -0.05) is 31.9 Å². The topological polar surface area (TPSA) is 73.5 Å². The summed E-state index contributed by atoms with van der Waals surface area (Å²) in [5.41, 5.74) is 1.69. The van der Waals surface area contributed by atoms with Crippen molar-refractivity contribution < 1.29 is 9.59 Å². The number of hydrogen-bond acceptors (Lipinski definition) is 3. The summed E-state index contributed by atoms with van der Waals surface area (Å²) >= 11 is 0. The van der Waals surface area contributed by atoms with Crippen LogP contribution in [0.3, 0.4) is 0 Å². The molecule has 2 amide bonds. The Labute approximate surface area is 178 Å². The molecule has 6 heteroatoms. The number of hydrogen-bond donors (Lipinski definition) is 1. The second kappa shape index (κ2) is 9.19. The van der Waals surface area contributed by atoms with Gasteiger partial charge in [-0.05, 0) is 55.6 Å². The first-order chi connectivity index (χ1) is 14.6. The molecule has 0 bridgehead atoms. The van der Waals surface area contributed by atoms with Crippen LogP contribution >= 0.6 is 0 Å². The number of H-pyrrole nitrogens is 1. The molecule has 0 radical (unpaired) electrons. The van der Waals surface area contributed by atoms with Crippen LogP contribution in [0.25, 0.3) is 0 Å². The fourth-order valence-electron chi connectivity index (χ4n) is 5.33. The summed E-state index contributed by atoms with van der Waals surface area (Å²) in [6.45, 7) is 4.50. The van der Waals surface area contributed by atoms with E-state index in [1.165, 1.54) is 12.8 Å². The second-order valence-corrected chi connectivity index (χ2v) is 9.02. The van der Waals surface area contributed by atoms with E-state index in [9.17, 15) is 14.4 Å². The molecule has 1 fully saturated rings. The summed E-state index contributed by atoms with van der Waals surface area (Å²) in [5, 5.41) is 0. The minimum Gasteiger partial charge on any atom is -0.338 e. The van der Waals surface area contributed by atoms with Crippen LogP contribution in [0.2, 0.25) is 0 Å². The van der Waals surface area contributed by atoms with Crippen LogP contribution in [0, 0.1) is 11.8 Å². The number of fused-ring (bicyclic) bond motifs is 1. The van der Waals surface area contributed by atoms with Crippen molar-refractivity contribution in [3.63, 3.8) is 0 Å². The van der Waals surface area contributed by atoms with Gasteiger partial charge in [0.05, 0.1) is 0 Å². The zero-order chi connectivity index (χ0) is 21.1. The van der Waals surface area contributed by atoms with Crippen LogP contribution in [0.4, 0.5) is 0 Å². The second-order valence-electron chi connectivity index (χ2n) is 9.02. The number of amides is 2. The maximum atomic E-state index is 13.1. The van der Waals surface area contributed by atoms with Gasteiger partial charge in [0.2, 0.25) is 5.91 Å². The van der Waals surface area contributed by atoms with Crippen molar-refractivity contribution in [3.8, 4) is 0 Å². The molecule has 1 aromatic rings. The zero-order valence-corrected chi connectivity index (χ0v) is 18.0. The molecule has 30 heavy (non-hydrogen) atoms. The van der Waals surface area contributed by atoms with Crippen molar-refractivity contribution in [2.45, 2.75) is 64.8 Å². The molecule has 0 unspecified atom stereocenters. The van der Waals surface area contributed by atoms with Gasteiger partial charge in [0.25, 0.3) is 11.5 Å². The van der Waals surface area contributed by atoms with Crippen molar-refractivity contribution in [1.29, 1.82) is 0 Å². The van der Waals surface area contributed by atoms with Crippen LogP contribution in [-0.2, 0) is 17.8 Å². The monoisotopic (exact) mass is 411 g/mol. The average Bonchev–Trinajstić information content (AvgIpc) is 2.79. The summed E-state index contributed by atoms with van der Waals surface area (Å²) < 4.78 is 0. The molecule has 0 atom stereocenters. The number of pyridine rings is 1. The minimum absolute atomic E-state index is 0.128. The van der Waals surface area contributed by atoms with E-state index in [-0.39, 0.29) is 28.9 Å². The number of carbonyl (C=O) groups is 2. The first kappa shape index (κ1) is 20.9. The summed E-state index contributed by atoms with van der Waals surface area (Å²) in [6, 6.07) is 0. The van der Waals surface area contributed by atoms with E-state index in [0.717, 1.165) is 49.1 Å². The Morgan fingerprint density at radius 3 is 2.60 bits per heavy atom. The molecule has 0 aromatic carbocycles. The molecule has 3 heterocycles. The fraction of sp³-hybridized carbons (Fsp3) is 0.625. The fourth-order valence-corrected chi connectivity index (χ4v) is 5.33. The maximum Gasteiger partial charge on any atom is 0.261 e. The predicted molar refractivity (Wildman–Crippen MR) is 116 cm³/mol. The summed E-state index contributed by atoms with van der Waals surface area (Å²) in [5.74, 6) is 0.968. The number of nitrogens with one attached hydrogen (secondary N) is 1. The number of aromatic nitrogens is 1. The SMILES string of the molecule is CCCC1CCC(C(=O)N2CCc3c(c[nH]c(=O)c3C(=O)N3CC=CCC3)C2)CC1. The average molecular weight is 412 g/mol. The third-order valence-corrected chi connectivity index (χ3v) is 7.05. The van der Waals surface area contributed by atoms with Crippen molar-refractivity contribution in [2.75, 3.05) is 19.6 Å². The normalized spacial score (nSPS) is 23.9. The molecular weight excluding hydrogens is 378 g/mol. The summed E-state index contributed by atoms with van der Waals surface area (Å²) in [4.78, 5) is 45.1. The Morgan fingerprint density at radius 2 is 1.90 bits per heavy atom. The van der Waals surface area contributed by atoms with Crippen molar-refractivity contribution >= 4 is 11.8 Å². The van der Waals surface area contributed by atoms with Gasteiger partial charge < -0.3 is 14.8 Å². The first-order valence-corrected chi connectivity index (χ1v) is 11.5. The first-order valence-electron chi connectivity index (χ1n) is 11.5. The molecule has 3 aliphatic rings. The van der Waals surface area contributed by atoms with Gasteiger partial charge in [-0.3, -0.25) is 14.4 Å². The Morgan fingerprint density at radius 1 is 1.10 bits per heavy atom. The van der Waals surface area contributed by atoms with Gasteiger partial charge in [0.15, 0.2) is 0 Å². The minimum atomic E-state index is -0.317. The molecular formula is C24H33N3O3. The largest absolute Gasteiger partial charge is 0.338 e. The van der Waals surface area contributed by atoms with Gasteiger partial charge >= 0.3 is 0 Å². The third-order valence-electron chi connectivity index (χ3n) is 7.05. The quantitative estimate of drug-likeness (QED) is 0.773. The smallest absolute Gasteiger partial charge is 0.261 e. The van der Waals surface area contributed by atoms with Crippen LogP contribution in [0.1, 0.15) is 73.4 Å². The van der Waals surface area contributed by atoms with Crippen molar-refractivity contribution in [1.82, 2.24) is 14.8 Å². The van der Waals surface area contributed by atoms with Gasteiger partial charge in [-0.15, -0.1) is 0 Å². The van der Waals surface area contributed by atoms with E-state index in [4.69, 9.17) is 0 Å². The van der Waals surface area contributed by atoms with Crippen LogP contribution < -0.4 is 5.56 Å². The summed E-state index contributed by atoms with van der Waals surface area (Å²) in [6.07, 6.45) is 13.9. The number of nitrogens with zero attached hydrogens (tertiary/aromatic N) is 2. The lowest BCUT2D eigenvalue weighted by Gasteiger charge is -2.35. The predicted octanol–water partition coefficient (Wildman–Crippen LogP) is 3.27. The molecule has 1 aromatic heterocycles. The lowest BCUT2D eigenvalue weighted by atomic mass is 9.79. The molecule has 0 spiro atoms. The summed E-state index contributed by atoms with van der Waals surface area (Å²) in [7, 11) is 0. The highest BCUT2D eigenvalue weighted by molar-refractivity contribution is 5.96. The molecule has 2 aliphatic heterocycles. The number of carbonyl (C=O) groups excluding carboxylic acids is 2. The number of rotatable bonds is 4. The van der Waals surface area contributed by atoms with E-state index >= 15 is 0 Å². The third kappa shape index (κ3) is 4.23. The highest BCUT2D eigenvalue weighted by Gasteiger charge is 2.33. The number of aromatic amines is 1. The van der Waals surface area contributed by atoms with Crippen molar-refractivity contribution in [2.24, 2.45) is 11.8 Å². The maximum absolute atomic E-state index is 13.1. The highest BCUT2D eigenvalue weighted by Crippen LogP contribution is 2.33. The molecule has 1 aliphatic carbocycles. The molecule has 1 N–H and O–H groups in total. The van der Waals surface area contributed by atoms with Crippen LogP contribution in [0.15, 0.2) is 23.1 Å².